The van der Waals surface area contributed by atoms with Crippen LogP contribution >= 0.6 is 11.5 Å². The SMILES string of the molecule is NC1CCCC1Cc1ccns1. The van der Waals surface area contributed by atoms with Gasteiger partial charge in [0.25, 0.3) is 0 Å². The summed E-state index contributed by atoms with van der Waals surface area (Å²) in [6.07, 6.45) is 6.85. The van der Waals surface area contributed by atoms with Crippen LogP contribution in [-0.2, 0) is 6.42 Å². The molecule has 1 heterocycles. The van der Waals surface area contributed by atoms with Gasteiger partial charge in [0.05, 0.1) is 0 Å². The predicted octanol–water partition coefficient (Wildman–Crippen LogP) is 1.81. The van der Waals surface area contributed by atoms with Crippen molar-refractivity contribution in [1.82, 2.24) is 4.37 Å². The third-order valence-electron chi connectivity index (χ3n) is 2.67. The molecule has 1 aromatic rings. The van der Waals surface area contributed by atoms with Crippen LogP contribution in [0.4, 0.5) is 0 Å². The Morgan fingerprint density at radius 1 is 1.58 bits per heavy atom. The third kappa shape index (κ3) is 1.67. The van der Waals surface area contributed by atoms with E-state index in [1.54, 1.807) is 11.5 Å². The minimum absolute atomic E-state index is 0.437. The van der Waals surface area contributed by atoms with Crippen molar-refractivity contribution in [2.75, 3.05) is 0 Å². The predicted molar refractivity (Wildman–Crippen MR) is 51.1 cm³/mol. The number of rotatable bonds is 2. The molecule has 1 aliphatic rings. The van der Waals surface area contributed by atoms with Crippen molar-refractivity contribution in [3.05, 3.63) is 17.1 Å². The first kappa shape index (κ1) is 8.20. The van der Waals surface area contributed by atoms with Crippen LogP contribution in [-0.4, -0.2) is 10.4 Å². The topological polar surface area (TPSA) is 38.9 Å². The zero-order valence-electron chi connectivity index (χ0n) is 7.07. The minimum atomic E-state index is 0.437. The molecular formula is C9H14N2S. The van der Waals surface area contributed by atoms with Gasteiger partial charge in [-0.1, -0.05) is 6.42 Å². The van der Waals surface area contributed by atoms with Crippen LogP contribution in [0.3, 0.4) is 0 Å². The summed E-state index contributed by atoms with van der Waals surface area (Å²) in [5.41, 5.74) is 5.98. The highest BCUT2D eigenvalue weighted by atomic mass is 32.1. The van der Waals surface area contributed by atoms with E-state index >= 15 is 0 Å². The Bertz CT molecular complexity index is 233. The Morgan fingerprint density at radius 3 is 3.08 bits per heavy atom. The molecule has 2 rings (SSSR count). The van der Waals surface area contributed by atoms with Crippen molar-refractivity contribution in [2.24, 2.45) is 11.7 Å². The minimum Gasteiger partial charge on any atom is -0.327 e. The van der Waals surface area contributed by atoms with Crippen LogP contribution in [0, 0.1) is 5.92 Å². The first-order valence-corrected chi connectivity index (χ1v) is 5.29. The van der Waals surface area contributed by atoms with E-state index in [1.807, 2.05) is 6.20 Å². The van der Waals surface area contributed by atoms with E-state index in [0.29, 0.717) is 12.0 Å². The maximum absolute atomic E-state index is 5.98. The molecule has 2 nitrogen and oxygen atoms in total. The molecule has 1 aliphatic carbocycles. The summed E-state index contributed by atoms with van der Waals surface area (Å²) in [6, 6.07) is 2.54. The standard InChI is InChI=1S/C9H14N2S/c10-9-3-1-2-7(9)6-8-4-5-11-12-8/h4-5,7,9H,1-3,6,10H2. The van der Waals surface area contributed by atoms with Crippen LogP contribution in [0.5, 0.6) is 0 Å². The second kappa shape index (κ2) is 3.54. The van der Waals surface area contributed by atoms with Gasteiger partial charge in [-0.25, -0.2) is 4.37 Å². The van der Waals surface area contributed by atoms with Gasteiger partial charge in [-0.05, 0) is 42.8 Å². The molecule has 12 heavy (non-hydrogen) atoms. The average Bonchev–Trinajstić information content (AvgIpc) is 2.65. The van der Waals surface area contributed by atoms with Gasteiger partial charge in [-0.15, -0.1) is 0 Å². The molecule has 0 aliphatic heterocycles. The molecule has 3 heteroatoms. The van der Waals surface area contributed by atoms with Crippen LogP contribution < -0.4 is 5.73 Å². The molecule has 1 fully saturated rings. The van der Waals surface area contributed by atoms with Gasteiger partial charge in [0.1, 0.15) is 0 Å². The molecule has 2 N–H and O–H groups in total. The molecule has 0 spiro atoms. The van der Waals surface area contributed by atoms with Gasteiger partial charge in [-0.2, -0.15) is 0 Å². The average molecular weight is 182 g/mol. The van der Waals surface area contributed by atoms with Crippen molar-refractivity contribution >= 4 is 11.5 Å². The Morgan fingerprint density at radius 2 is 2.50 bits per heavy atom. The van der Waals surface area contributed by atoms with Gasteiger partial charge in [0, 0.05) is 17.1 Å². The number of nitrogens with zero attached hydrogens (tertiary/aromatic N) is 1. The van der Waals surface area contributed by atoms with Crippen LogP contribution in [0.15, 0.2) is 12.3 Å². The van der Waals surface area contributed by atoms with E-state index in [4.69, 9.17) is 5.73 Å². The van der Waals surface area contributed by atoms with E-state index in [0.717, 1.165) is 6.42 Å². The summed E-state index contributed by atoms with van der Waals surface area (Å²) in [6.45, 7) is 0. The van der Waals surface area contributed by atoms with Gasteiger partial charge >= 0.3 is 0 Å². The molecule has 0 amide bonds. The first-order chi connectivity index (χ1) is 5.86. The van der Waals surface area contributed by atoms with Gasteiger partial charge in [-0.3, -0.25) is 0 Å². The fourth-order valence-electron chi connectivity index (χ4n) is 1.92. The fraction of sp³-hybridized carbons (Fsp3) is 0.667. The number of aromatic nitrogens is 1. The van der Waals surface area contributed by atoms with E-state index in [2.05, 4.69) is 10.4 Å². The van der Waals surface area contributed by atoms with Crippen molar-refractivity contribution < 1.29 is 0 Å². The highest BCUT2D eigenvalue weighted by Gasteiger charge is 2.24. The molecule has 2 unspecified atom stereocenters. The van der Waals surface area contributed by atoms with Crippen molar-refractivity contribution in [3.63, 3.8) is 0 Å². The summed E-state index contributed by atoms with van der Waals surface area (Å²) in [4.78, 5) is 1.39. The highest BCUT2D eigenvalue weighted by Crippen LogP contribution is 2.27. The molecule has 0 aromatic carbocycles. The van der Waals surface area contributed by atoms with Gasteiger partial charge in [0.15, 0.2) is 0 Å². The fourth-order valence-corrected chi connectivity index (χ4v) is 2.59. The van der Waals surface area contributed by atoms with Crippen molar-refractivity contribution in [2.45, 2.75) is 31.7 Å². The quantitative estimate of drug-likeness (QED) is 0.757. The first-order valence-electron chi connectivity index (χ1n) is 4.51. The summed E-state index contributed by atoms with van der Waals surface area (Å²) in [5, 5.41) is 0. The molecule has 0 radical (unpaired) electrons. The number of hydrogen-bond donors (Lipinski definition) is 1. The lowest BCUT2D eigenvalue weighted by atomic mass is 10.00. The zero-order valence-corrected chi connectivity index (χ0v) is 7.89. The molecule has 2 atom stereocenters. The Kier molecular flexibility index (Phi) is 2.42. The molecule has 0 bridgehead atoms. The Labute approximate surface area is 77.0 Å². The van der Waals surface area contributed by atoms with Crippen LogP contribution in [0.1, 0.15) is 24.1 Å². The molecule has 1 aromatic heterocycles. The van der Waals surface area contributed by atoms with E-state index in [-0.39, 0.29) is 0 Å². The Balaban J connectivity index is 1.95. The highest BCUT2D eigenvalue weighted by molar-refractivity contribution is 7.05. The number of nitrogens with two attached hydrogens (primary N) is 1. The largest absolute Gasteiger partial charge is 0.327 e. The van der Waals surface area contributed by atoms with Crippen LogP contribution in [0.2, 0.25) is 0 Å². The molecule has 1 saturated carbocycles. The maximum Gasteiger partial charge on any atom is 0.0409 e. The van der Waals surface area contributed by atoms with E-state index < -0.39 is 0 Å². The molecule has 66 valence electrons. The monoisotopic (exact) mass is 182 g/mol. The van der Waals surface area contributed by atoms with Crippen molar-refractivity contribution in [1.29, 1.82) is 0 Å². The van der Waals surface area contributed by atoms with E-state index in [1.165, 1.54) is 24.1 Å². The second-order valence-corrected chi connectivity index (χ2v) is 4.46. The lowest BCUT2D eigenvalue weighted by molar-refractivity contribution is 0.482. The lowest BCUT2D eigenvalue weighted by Gasteiger charge is -2.12. The zero-order chi connectivity index (χ0) is 8.39. The van der Waals surface area contributed by atoms with E-state index in [9.17, 15) is 0 Å². The molecular weight excluding hydrogens is 168 g/mol. The maximum atomic E-state index is 5.98. The number of hydrogen-bond acceptors (Lipinski definition) is 3. The summed E-state index contributed by atoms with van der Waals surface area (Å²) in [7, 11) is 0. The summed E-state index contributed by atoms with van der Waals surface area (Å²) < 4.78 is 4.09. The normalized spacial score (nSPS) is 29.4. The third-order valence-corrected chi connectivity index (χ3v) is 3.44. The van der Waals surface area contributed by atoms with Gasteiger partial charge < -0.3 is 5.73 Å². The second-order valence-electron chi connectivity index (χ2n) is 3.54. The van der Waals surface area contributed by atoms with Gasteiger partial charge in [0.2, 0.25) is 0 Å². The van der Waals surface area contributed by atoms with Crippen LogP contribution in [0.25, 0.3) is 0 Å². The lowest BCUT2D eigenvalue weighted by Crippen LogP contribution is -2.25. The molecule has 0 saturated heterocycles. The smallest absolute Gasteiger partial charge is 0.0409 e. The summed E-state index contributed by atoms with van der Waals surface area (Å²) in [5.74, 6) is 0.713. The van der Waals surface area contributed by atoms with Crippen molar-refractivity contribution in [3.8, 4) is 0 Å². The Hall–Kier alpha value is -0.410. The summed E-state index contributed by atoms with van der Waals surface area (Å²) >= 11 is 1.61.